The molecule has 6 rings (SSSR count). The summed E-state index contributed by atoms with van der Waals surface area (Å²) in [5.74, 6) is -5.59. The molecule has 39 heavy (non-hydrogen) atoms. The van der Waals surface area contributed by atoms with E-state index >= 15 is 0 Å². The highest BCUT2D eigenvalue weighted by atomic mass is 19.1. The molecule has 2 aromatic carbocycles. The van der Waals surface area contributed by atoms with Crippen molar-refractivity contribution in [2.24, 2.45) is 5.92 Å². The maximum Gasteiger partial charge on any atom is 0.275 e. The molecule has 1 aromatic heterocycles. The standard InChI is InChI=1S/C28H23F4N3O4/c29-15-6-20(30)18(21(31)7-15)10-33-27(37)19-11-34-12-23-17-8-16(9-22(17)32)35(23)28(38)24(34)26(25(19)36)39-13-14-4-2-1-3-5-14/h1-7,11,16-17,22-23H,8-10,12-13H2,(H,33,37)/t16-,17?,22?,23+/m1/s1. The van der Waals surface area contributed by atoms with E-state index in [-0.39, 0.29) is 43.0 Å². The molecule has 3 heterocycles. The van der Waals surface area contributed by atoms with Crippen molar-refractivity contribution in [1.29, 1.82) is 0 Å². The number of amides is 2. The monoisotopic (exact) mass is 541 g/mol. The van der Waals surface area contributed by atoms with Gasteiger partial charge in [-0.15, -0.1) is 0 Å². The first-order valence-electron chi connectivity index (χ1n) is 12.6. The molecule has 3 aromatic rings. The number of halogens is 4. The Hall–Kier alpha value is -4.15. The first-order valence-corrected chi connectivity index (χ1v) is 12.6. The van der Waals surface area contributed by atoms with E-state index in [4.69, 9.17) is 4.74 Å². The first kappa shape index (κ1) is 25.1. The van der Waals surface area contributed by atoms with Gasteiger partial charge < -0.3 is 19.5 Å². The molecular weight excluding hydrogens is 518 g/mol. The van der Waals surface area contributed by atoms with Crippen molar-refractivity contribution in [3.8, 4) is 5.75 Å². The lowest BCUT2D eigenvalue weighted by Crippen LogP contribution is -2.54. The van der Waals surface area contributed by atoms with Gasteiger partial charge in [-0.2, -0.15) is 0 Å². The Labute approximate surface area is 220 Å². The Kier molecular flexibility index (Phi) is 6.16. The van der Waals surface area contributed by atoms with Crippen molar-refractivity contribution in [2.45, 2.75) is 50.8 Å². The van der Waals surface area contributed by atoms with Crippen LogP contribution in [-0.4, -0.2) is 39.5 Å². The van der Waals surface area contributed by atoms with E-state index in [1.54, 1.807) is 29.2 Å². The van der Waals surface area contributed by atoms with Gasteiger partial charge in [0.15, 0.2) is 11.4 Å². The third-order valence-electron chi connectivity index (χ3n) is 7.81. The van der Waals surface area contributed by atoms with E-state index in [0.29, 0.717) is 18.6 Å². The normalized spacial score (nSPS) is 23.0. The molecule has 7 nitrogen and oxygen atoms in total. The molecule has 1 N–H and O–H groups in total. The lowest BCUT2D eigenvalue weighted by atomic mass is 9.94. The average molecular weight is 542 g/mol. The summed E-state index contributed by atoms with van der Waals surface area (Å²) < 4.78 is 63.2. The number of rotatable bonds is 6. The Bertz CT molecular complexity index is 1520. The topological polar surface area (TPSA) is 80.6 Å². The number of fused-ring (bicyclic) bond motifs is 6. The quantitative estimate of drug-likeness (QED) is 0.483. The summed E-state index contributed by atoms with van der Waals surface area (Å²) in [6.45, 7) is -0.553. The van der Waals surface area contributed by atoms with E-state index in [0.717, 1.165) is 5.56 Å². The zero-order chi connectivity index (χ0) is 27.4. The predicted octanol–water partition coefficient (Wildman–Crippen LogP) is 3.73. The van der Waals surface area contributed by atoms with E-state index in [2.05, 4.69) is 5.32 Å². The van der Waals surface area contributed by atoms with E-state index < -0.39 is 64.6 Å². The molecule has 11 heteroatoms. The van der Waals surface area contributed by atoms with Gasteiger partial charge in [-0.05, 0) is 18.4 Å². The number of carbonyl (C=O) groups is 2. The number of piperidine rings is 1. The third kappa shape index (κ3) is 4.25. The fourth-order valence-electron chi connectivity index (χ4n) is 5.99. The molecule has 1 saturated carbocycles. The molecule has 0 spiro atoms. The molecule has 2 amide bonds. The largest absolute Gasteiger partial charge is 0.483 e. The minimum Gasteiger partial charge on any atom is -0.483 e. The van der Waals surface area contributed by atoms with Crippen LogP contribution in [0.3, 0.4) is 0 Å². The number of alkyl halides is 1. The summed E-state index contributed by atoms with van der Waals surface area (Å²) in [4.78, 5) is 41.8. The molecule has 1 saturated heterocycles. The third-order valence-corrected chi connectivity index (χ3v) is 7.81. The van der Waals surface area contributed by atoms with Crippen molar-refractivity contribution in [2.75, 3.05) is 0 Å². The second-order valence-electron chi connectivity index (χ2n) is 10.1. The van der Waals surface area contributed by atoms with Gasteiger partial charge in [-0.3, -0.25) is 14.4 Å². The Morgan fingerprint density at radius 3 is 2.49 bits per heavy atom. The van der Waals surface area contributed by atoms with Crippen LogP contribution in [0.2, 0.25) is 0 Å². The Balaban J connectivity index is 1.36. The van der Waals surface area contributed by atoms with Crippen molar-refractivity contribution in [3.63, 3.8) is 0 Å². The number of hydrogen-bond donors (Lipinski definition) is 1. The maximum absolute atomic E-state index is 14.5. The molecular formula is C28H23F4N3O4. The molecule has 0 radical (unpaired) electrons. The summed E-state index contributed by atoms with van der Waals surface area (Å²) in [6.07, 6.45) is 0.934. The van der Waals surface area contributed by atoms with Crippen LogP contribution in [0.15, 0.2) is 53.5 Å². The van der Waals surface area contributed by atoms with Gasteiger partial charge in [0.1, 0.15) is 35.8 Å². The number of pyridine rings is 1. The second-order valence-corrected chi connectivity index (χ2v) is 10.1. The molecule has 4 atom stereocenters. The van der Waals surface area contributed by atoms with Crippen LogP contribution in [0, 0.1) is 23.4 Å². The SMILES string of the molecule is O=C(NCc1c(F)cc(F)cc1F)c1cn2c(c(OCc3ccccc3)c1=O)C(=O)N1[C@H]3CC(F)C(C3)[C@@H]1C2. The number of ether oxygens (including phenoxy) is 1. The van der Waals surface area contributed by atoms with Crippen molar-refractivity contribution in [3.05, 3.63) is 98.7 Å². The van der Waals surface area contributed by atoms with Crippen molar-refractivity contribution >= 4 is 11.8 Å². The van der Waals surface area contributed by atoms with Crippen LogP contribution in [0.25, 0.3) is 0 Å². The first-order chi connectivity index (χ1) is 18.7. The van der Waals surface area contributed by atoms with Crippen LogP contribution in [0.4, 0.5) is 17.6 Å². The highest BCUT2D eigenvalue weighted by Gasteiger charge is 2.56. The second kappa shape index (κ2) is 9.55. The van der Waals surface area contributed by atoms with Crippen LogP contribution in [0.5, 0.6) is 5.75 Å². The van der Waals surface area contributed by atoms with E-state index in [1.165, 1.54) is 10.8 Å². The van der Waals surface area contributed by atoms with E-state index in [9.17, 15) is 31.9 Å². The minimum atomic E-state index is -1.19. The molecule has 2 aliphatic heterocycles. The number of hydrogen-bond acceptors (Lipinski definition) is 4. The molecule has 2 bridgehead atoms. The van der Waals surface area contributed by atoms with Crippen molar-refractivity contribution < 1.29 is 31.9 Å². The zero-order valence-corrected chi connectivity index (χ0v) is 20.5. The van der Waals surface area contributed by atoms with Gasteiger partial charge >= 0.3 is 0 Å². The fourth-order valence-corrected chi connectivity index (χ4v) is 5.99. The van der Waals surface area contributed by atoms with Crippen LogP contribution < -0.4 is 15.5 Å². The smallest absolute Gasteiger partial charge is 0.275 e. The highest BCUT2D eigenvalue weighted by Crippen LogP contribution is 2.47. The number of nitrogens with one attached hydrogen (secondary N) is 1. The number of benzene rings is 2. The number of carbonyl (C=O) groups excluding carboxylic acids is 2. The van der Waals surface area contributed by atoms with Crippen molar-refractivity contribution in [1.82, 2.24) is 14.8 Å². The van der Waals surface area contributed by atoms with Gasteiger partial charge in [0, 0.05) is 48.9 Å². The summed E-state index contributed by atoms with van der Waals surface area (Å²) in [7, 11) is 0. The number of aromatic nitrogens is 1. The lowest BCUT2D eigenvalue weighted by molar-refractivity contribution is 0.0347. The number of nitrogens with zero attached hydrogens (tertiary/aromatic N) is 2. The van der Waals surface area contributed by atoms with Crippen LogP contribution in [0.1, 0.15) is 44.8 Å². The summed E-state index contributed by atoms with van der Waals surface area (Å²) in [6, 6.07) is 9.18. The Morgan fingerprint density at radius 2 is 1.77 bits per heavy atom. The summed E-state index contributed by atoms with van der Waals surface area (Å²) in [5, 5.41) is 2.29. The average Bonchev–Trinajstić information content (AvgIpc) is 3.45. The molecule has 2 unspecified atom stereocenters. The van der Waals surface area contributed by atoms with Gasteiger partial charge in [-0.25, -0.2) is 17.6 Å². The Morgan fingerprint density at radius 1 is 1.05 bits per heavy atom. The van der Waals surface area contributed by atoms with Gasteiger partial charge in [0.25, 0.3) is 11.8 Å². The predicted molar refractivity (Wildman–Crippen MR) is 130 cm³/mol. The minimum absolute atomic E-state index is 0.0256. The summed E-state index contributed by atoms with van der Waals surface area (Å²) >= 11 is 0. The van der Waals surface area contributed by atoms with Crippen LogP contribution >= 0.6 is 0 Å². The lowest BCUT2D eigenvalue weighted by Gasteiger charge is -2.41. The molecule has 2 fully saturated rings. The fraction of sp³-hybridized carbons (Fsp3) is 0.321. The van der Waals surface area contributed by atoms with Gasteiger partial charge in [0.2, 0.25) is 5.43 Å². The molecule has 3 aliphatic rings. The van der Waals surface area contributed by atoms with Gasteiger partial charge in [-0.1, -0.05) is 30.3 Å². The zero-order valence-electron chi connectivity index (χ0n) is 20.5. The molecule has 202 valence electrons. The summed E-state index contributed by atoms with van der Waals surface area (Å²) in [5.41, 5.74) is -1.16. The van der Waals surface area contributed by atoms with Gasteiger partial charge in [0.05, 0.1) is 6.04 Å². The van der Waals surface area contributed by atoms with E-state index in [1.807, 2.05) is 6.07 Å². The highest BCUT2D eigenvalue weighted by molar-refractivity contribution is 5.99. The molecule has 1 aliphatic carbocycles. The van der Waals surface area contributed by atoms with Crippen LogP contribution in [-0.2, 0) is 19.7 Å². The maximum atomic E-state index is 14.5.